The number of rotatable bonds is 17. The van der Waals surface area contributed by atoms with Crippen molar-refractivity contribution in [1.29, 1.82) is 0 Å². The van der Waals surface area contributed by atoms with Crippen LogP contribution in [-0.4, -0.2) is 67.5 Å². The number of hydrogen-bond donors (Lipinski definition) is 7. The molecule has 0 unspecified atom stereocenters. The number of primary amides is 1. The quantitative estimate of drug-likeness (QED) is 0.0983. The molecular formula is C34H61N5O6. The Morgan fingerprint density at radius 1 is 1.00 bits per heavy atom. The van der Waals surface area contributed by atoms with Gasteiger partial charge in [0.05, 0.1) is 19.8 Å². The number of anilines is 1. The second-order valence-electron chi connectivity index (χ2n) is 9.54. The van der Waals surface area contributed by atoms with Crippen molar-refractivity contribution < 1.29 is 29.3 Å². The number of carbonyl (C=O) groups is 3. The molecular weight excluding hydrogens is 574 g/mol. The first-order chi connectivity index (χ1) is 21.8. The van der Waals surface area contributed by atoms with Gasteiger partial charge in [-0.15, -0.1) is 12.8 Å². The summed E-state index contributed by atoms with van der Waals surface area (Å²) in [6.07, 6.45) is 14.0. The van der Waals surface area contributed by atoms with Gasteiger partial charge in [0.2, 0.25) is 11.8 Å². The summed E-state index contributed by atoms with van der Waals surface area (Å²) in [5.74, 6) is -0.319. The molecule has 8 N–H and O–H groups in total. The van der Waals surface area contributed by atoms with Crippen LogP contribution in [0.25, 0.3) is 0 Å². The van der Waals surface area contributed by atoms with E-state index in [9.17, 15) is 19.5 Å². The molecule has 0 saturated heterocycles. The van der Waals surface area contributed by atoms with E-state index >= 15 is 0 Å². The fourth-order valence-electron chi connectivity index (χ4n) is 3.74. The second kappa shape index (κ2) is 31.8. The Morgan fingerprint density at radius 2 is 1.62 bits per heavy atom. The smallest absolute Gasteiger partial charge is 0.312 e. The lowest BCUT2D eigenvalue weighted by Gasteiger charge is -2.22. The topological polar surface area (TPSA) is 175 Å². The molecule has 0 aliphatic heterocycles. The Kier molecular flexibility index (Phi) is 32.4. The number of hydrogen-bond acceptors (Lipinski definition) is 7. The van der Waals surface area contributed by atoms with Gasteiger partial charge < -0.3 is 42.0 Å². The number of amides is 4. The lowest BCUT2D eigenvalue weighted by molar-refractivity contribution is -0.122. The summed E-state index contributed by atoms with van der Waals surface area (Å²) >= 11 is 0. The molecule has 2 rings (SSSR count). The molecule has 0 spiro atoms. The molecule has 11 heteroatoms. The van der Waals surface area contributed by atoms with Crippen molar-refractivity contribution in [3.8, 4) is 12.8 Å². The van der Waals surface area contributed by atoms with Gasteiger partial charge in [0.1, 0.15) is 6.04 Å². The van der Waals surface area contributed by atoms with Crippen LogP contribution in [0.1, 0.15) is 97.6 Å². The fraction of sp³-hybridized carbons (Fsp3) is 0.618. The van der Waals surface area contributed by atoms with Gasteiger partial charge in [-0.25, -0.2) is 4.79 Å². The summed E-state index contributed by atoms with van der Waals surface area (Å²) in [6.45, 7) is 13.9. The van der Waals surface area contributed by atoms with E-state index in [1.807, 2.05) is 39.8 Å². The maximum absolute atomic E-state index is 13.3. The lowest BCUT2D eigenvalue weighted by Crippen LogP contribution is -2.43. The Labute approximate surface area is 272 Å². The summed E-state index contributed by atoms with van der Waals surface area (Å²) < 4.78 is 5.38. The average molecular weight is 636 g/mol. The van der Waals surface area contributed by atoms with E-state index in [1.54, 1.807) is 6.07 Å². The molecule has 0 radical (unpaired) electrons. The van der Waals surface area contributed by atoms with Crippen molar-refractivity contribution in [2.75, 3.05) is 38.7 Å². The first-order valence-electron chi connectivity index (χ1n) is 16.0. The van der Waals surface area contributed by atoms with E-state index in [-0.39, 0.29) is 24.8 Å². The van der Waals surface area contributed by atoms with E-state index < -0.39 is 12.1 Å². The molecule has 11 nitrogen and oxygen atoms in total. The van der Waals surface area contributed by atoms with Crippen molar-refractivity contribution >= 4 is 23.5 Å². The summed E-state index contributed by atoms with van der Waals surface area (Å²) in [6, 6.07) is 4.28. The van der Waals surface area contributed by atoms with Crippen LogP contribution in [0, 0.1) is 12.8 Å². The van der Waals surface area contributed by atoms with Gasteiger partial charge in [-0.05, 0) is 67.4 Å². The molecule has 1 aromatic rings. The van der Waals surface area contributed by atoms with E-state index in [0.717, 1.165) is 49.6 Å². The van der Waals surface area contributed by atoms with Crippen molar-refractivity contribution in [3.05, 3.63) is 40.6 Å². The van der Waals surface area contributed by atoms with Crippen molar-refractivity contribution in [3.63, 3.8) is 0 Å². The van der Waals surface area contributed by atoms with E-state index in [0.29, 0.717) is 44.8 Å². The minimum Gasteiger partial charge on any atom is -0.400 e. The number of terminal acetylenes is 1. The van der Waals surface area contributed by atoms with E-state index in [1.165, 1.54) is 12.0 Å². The van der Waals surface area contributed by atoms with Crippen LogP contribution in [0.2, 0.25) is 0 Å². The molecule has 0 aromatic heterocycles. The highest BCUT2D eigenvalue weighted by molar-refractivity contribution is 5.95. The SMILES string of the molecule is C#C.CC.CCC.CCCOCCC(=O)NCC(N[C@@H](CCCNC(N)=O)C(=O)Nc1ccc(CO)c(CC)c1)=C1CC1.CO. The van der Waals surface area contributed by atoms with E-state index in [4.69, 9.17) is 15.6 Å². The Morgan fingerprint density at radius 3 is 2.13 bits per heavy atom. The number of benzene rings is 1. The van der Waals surface area contributed by atoms with Crippen LogP contribution < -0.4 is 27.0 Å². The third-order valence-electron chi connectivity index (χ3n) is 5.87. The molecule has 4 amide bonds. The number of nitrogens with one attached hydrogen (secondary N) is 4. The minimum absolute atomic E-state index is 0.0537. The molecule has 1 fully saturated rings. The minimum atomic E-state index is -0.605. The van der Waals surface area contributed by atoms with Crippen LogP contribution in [0.5, 0.6) is 0 Å². The van der Waals surface area contributed by atoms with E-state index in [2.05, 4.69) is 48.0 Å². The predicted octanol–water partition coefficient (Wildman–Crippen LogP) is 4.37. The number of nitrogens with two attached hydrogens (primary N) is 1. The van der Waals surface area contributed by atoms with Crippen LogP contribution >= 0.6 is 0 Å². The van der Waals surface area contributed by atoms with Crippen LogP contribution in [-0.2, 0) is 27.4 Å². The zero-order valence-corrected chi connectivity index (χ0v) is 28.8. The van der Waals surface area contributed by atoms with Crippen molar-refractivity contribution in [1.82, 2.24) is 16.0 Å². The normalized spacial score (nSPS) is 11.1. The second-order valence-corrected chi connectivity index (χ2v) is 9.54. The number of ether oxygens (including phenoxy) is 1. The van der Waals surface area contributed by atoms with Crippen molar-refractivity contribution in [2.45, 2.75) is 106 Å². The zero-order chi connectivity index (χ0) is 35.0. The van der Waals surface area contributed by atoms with Gasteiger partial charge in [0, 0.05) is 38.1 Å². The van der Waals surface area contributed by atoms with Crippen LogP contribution in [0.3, 0.4) is 0 Å². The largest absolute Gasteiger partial charge is 0.400 e. The lowest BCUT2D eigenvalue weighted by atomic mass is 10.0. The number of aliphatic hydroxyl groups is 2. The highest BCUT2D eigenvalue weighted by atomic mass is 16.5. The summed E-state index contributed by atoms with van der Waals surface area (Å²) in [5, 5.41) is 28.3. The number of urea groups is 1. The zero-order valence-electron chi connectivity index (χ0n) is 28.8. The average Bonchev–Trinajstić information content (AvgIpc) is 3.91. The van der Waals surface area contributed by atoms with Gasteiger partial charge in [-0.3, -0.25) is 9.59 Å². The molecule has 1 aliphatic rings. The molecule has 1 saturated carbocycles. The monoisotopic (exact) mass is 635 g/mol. The first kappa shape index (κ1) is 45.8. The Bertz CT molecular complexity index is 975. The third kappa shape index (κ3) is 23.5. The van der Waals surface area contributed by atoms with Crippen LogP contribution in [0.4, 0.5) is 10.5 Å². The fourth-order valence-corrected chi connectivity index (χ4v) is 3.74. The summed E-state index contributed by atoms with van der Waals surface area (Å²) in [4.78, 5) is 36.5. The predicted molar refractivity (Wildman–Crippen MR) is 184 cm³/mol. The number of aliphatic hydroxyl groups excluding tert-OH is 2. The third-order valence-corrected chi connectivity index (χ3v) is 5.87. The highest BCUT2D eigenvalue weighted by Gasteiger charge is 2.24. The maximum Gasteiger partial charge on any atom is 0.312 e. The molecule has 1 aromatic carbocycles. The van der Waals surface area contributed by atoms with Crippen LogP contribution in [0.15, 0.2) is 29.5 Å². The standard InChI is InChI=1S/C26H41N5O5.C3H8.C2H6.C2H2.CH4O/c1-3-13-36-14-11-24(33)29-16-23(19-7-8-19)31-22(6-5-12-28-26(27)35)25(34)30-21-10-9-20(17-32)18(4-2)15-21;1-3-2;3*1-2/h9-10,15,22,31-32H,3-8,11-14,16-17H2,1-2H3,(H,29,33)(H,30,34)(H3,27,28,35);3H2,1-2H3;1-2H3;1-2H;2H,1H3/t22-;;;;/m0..../s1. The molecule has 1 atom stereocenters. The van der Waals surface area contributed by atoms with Crippen molar-refractivity contribution in [2.24, 2.45) is 5.73 Å². The number of aryl methyl sites for hydroxylation is 1. The summed E-state index contributed by atoms with van der Waals surface area (Å²) in [7, 11) is 1.00. The van der Waals surface area contributed by atoms with Gasteiger partial charge in [0.25, 0.3) is 0 Å². The Balaban J connectivity index is -0.00000178. The number of allylic oxidation sites excluding steroid dienone is 1. The molecule has 0 heterocycles. The molecule has 1 aliphatic carbocycles. The van der Waals surface area contributed by atoms with Gasteiger partial charge in [-0.1, -0.05) is 54.0 Å². The van der Waals surface area contributed by atoms with Gasteiger partial charge >= 0.3 is 6.03 Å². The maximum atomic E-state index is 13.3. The summed E-state index contributed by atoms with van der Waals surface area (Å²) in [5.41, 5.74) is 9.64. The van der Waals surface area contributed by atoms with Gasteiger partial charge in [-0.2, -0.15) is 0 Å². The molecule has 45 heavy (non-hydrogen) atoms. The molecule has 258 valence electrons. The van der Waals surface area contributed by atoms with Gasteiger partial charge in [0.15, 0.2) is 0 Å². The number of carbonyl (C=O) groups excluding carboxylic acids is 3. The Hall–Kier alpha value is -3.59. The molecule has 0 bridgehead atoms. The first-order valence-corrected chi connectivity index (χ1v) is 16.0. The highest BCUT2D eigenvalue weighted by Crippen LogP contribution is 2.30.